The van der Waals surface area contributed by atoms with Crippen molar-refractivity contribution in [2.75, 3.05) is 11.1 Å². The maximum atomic E-state index is 5.51. The number of anilines is 2. The third-order valence-electron chi connectivity index (χ3n) is 1.44. The van der Waals surface area contributed by atoms with Crippen LogP contribution in [-0.4, -0.2) is 10.1 Å². The molecule has 2 rings (SSSR count). The Bertz CT molecular complexity index is 370. The van der Waals surface area contributed by atoms with Gasteiger partial charge in [-0.3, -0.25) is 0 Å². The van der Waals surface area contributed by atoms with Crippen LogP contribution in [0.5, 0.6) is 0 Å². The van der Waals surface area contributed by atoms with Crippen molar-refractivity contribution in [3.8, 4) is 0 Å². The third kappa shape index (κ3) is 1.97. The fourth-order valence-corrected chi connectivity index (χ4v) is 1.44. The monoisotopic (exact) mass is 196 g/mol. The number of nitrogens with one attached hydrogen (secondary N) is 1. The number of nitrogens with zero attached hydrogens (tertiary/aromatic N) is 2. The molecule has 13 heavy (non-hydrogen) atoms. The molecule has 0 saturated heterocycles. The number of hydrogen-bond donors (Lipinski definition) is 2. The van der Waals surface area contributed by atoms with E-state index in [0.29, 0.717) is 11.5 Å². The van der Waals surface area contributed by atoms with Crippen molar-refractivity contribution in [3.05, 3.63) is 24.2 Å². The summed E-state index contributed by atoms with van der Waals surface area (Å²) in [6.45, 7) is 0.601. The highest BCUT2D eigenvalue weighted by Crippen LogP contribution is 2.19. The first-order valence-corrected chi connectivity index (χ1v) is 4.50. The van der Waals surface area contributed by atoms with Gasteiger partial charge in [-0.15, -0.1) is 0 Å². The zero-order chi connectivity index (χ0) is 9.10. The number of thiazole rings is 1. The van der Waals surface area contributed by atoms with E-state index in [2.05, 4.69) is 20.0 Å². The molecule has 0 amide bonds. The predicted octanol–water partition coefficient (Wildman–Crippen LogP) is 1.33. The summed E-state index contributed by atoms with van der Waals surface area (Å²) in [5.41, 5.74) is 6.35. The zero-order valence-corrected chi connectivity index (χ0v) is 7.54. The molecule has 0 aromatic carbocycles. The summed E-state index contributed by atoms with van der Waals surface area (Å²) >= 11 is 1.41. The Balaban J connectivity index is 1.93. The summed E-state index contributed by atoms with van der Waals surface area (Å²) in [5, 5.41) is 8.31. The number of nitrogen functional groups attached to an aromatic ring is 1. The quantitative estimate of drug-likeness (QED) is 0.774. The van der Waals surface area contributed by atoms with Gasteiger partial charge < -0.3 is 15.6 Å². The second-order valence-corrected chi connectivity index (χ2v) is 3.47. The van der Waals surface area contributed by atoms with Crippen molar-refractivity contribution < 1.29 is 4.52 Å². The number of hydrogen-bond acceptors (Lipinski definition) is 6. The minimum Gasteiger partial charge on any atom is -0.389 e. The summed E-state index contributed by atoms with van der Waals surface area (Å²) in [5.74, 6) is 0. The number of nitrogens with two attached hydrogens (primary N) is 1. The second-order valence-electron chi connectivity index (χ2n) is 2.41. The van der Waals surface area contributed by atoms with Gasteiger partial charge in [0.25, 0.3) is 0 Å². The van der Waals surface area contributed by atoms with Crippen molar-refractivity contribution in [3.63, 3.8) is 0 Å². The van der Waals surface area contributed by atoms with Crippen LogP contribution in [0.15, 0.2) is 23.0 Å². The van der Waals surface area contributed by atoms with E-state index in [4.69, 9.17) is 5.73 Å². The van der Waals surface area contributed by atoms with E-state index in [1.807, 2.05) is 0 Å². The highest BCUT2D eigenvalue weighted by atomic mass is 32.1. The van der Waals surface area contributed by atoms with Crippen LogP contribution < -0.4 is 11.1 Å². The van der Waals surface area contributed by atoms with E-state index in [1.165, 1.54) is 17.6 Å². The van der Waals surface area contributed by atoms with Crippen LogP contribution in [0.25, 0.3) is 0 Å². The summed E-state index contributed by atoms with van der Waals surface area (Å²) in [6.07, 6.45) is 3.16. The molecule has 0 radical (unpaired) electrons. The summed E-state index contributed by atoms with van der Waals surface area (Å²) < 4.78 is 4.68. The van der Waals surface area contributed by atoms with Crippen molar-refractivity contribution in [1.29, 1.82) is 0 Å². The van der Waals surface area contributed by atoms with Gasteiger partial charge in [0, 0.05) is 6.07 Å². The van der Waals surface area contributed by atoms with Gasteiger partial charge in [0.15, 0.2) is 5.13 Å². The SMILES string of the molecule is Nc1cnc(NCc2ccon2)s1. The Morgan fingerprint density at radius 3 is 3.15 bits per heavy atom. The lowest BCUT2D eigenvalue weighted by Crippen LogP contribution is -1.98. The molecule has 6 heteroatoms. The van der Waals surface area contributed by atoms with Gasteiger partial charge >= 0.3 is 0 Å². The van der Waals surface area contributed by atoms with Crippen molar-refractivity contribution in [2.24, 2.45) is 0 Å². The molecule has 2 aromatic heterocycles. The van der Waals surface area contributed by atoms with Gasteiger partial charge in [-0.25, -0.2) is 4.98 Å². The smallest absolute Gasteiger partial charge is 0.184 e. The van der Waals surface area contributed by atoms with Gasteiger partial charge in [0.1, 0.15) is 17.0 Å². The van der Waals surface area contributed by atoms with Gasteiger partial charge in [-0.2, -0.15) is 0 Å². The maximum Gasteiger partial charge on any atom is 0.184 e. The summed E-state index contributed by atoms with van der Waals surface area (Å²) in [6, 6.07) is 1.80. The number of rotatable bonds is 3. The molecule has 2 aromatic rings. The first-order valence-electron chi connectivity index (χ1n) is 3.69. The highest BCUT2D eigenvalue weighted by Gasteiger charge is 1.99. The van der Waals surface area contributed by atoms with Crippen molar-refractivity contribution in [2.45, 2.75) is 6.54 Å². The Morgan fingerprint density at radius 2 is 2.54 bits per heavy atom. The van der Waals surface area contributed by atoms with Gasteiger partial charge in [0.05, 0.1) is 12.7 Å². The van der Waals surface area contributed by atoms with Crippen LogP contribution in [-0.2, 0) is 6.54 Å². The van der Waals surface area contributed by atoms with E-state index in [0.717, 1.165) is 10.8 Å². The molecular formula is C7H8N4OS. The van der Waals surface area contributed by atoms with Gasteiger partial charge in [0.2, 0.25) is 0 Å². The molecule has 0 aliphatic rings. The molecule has 0 atom stereocenters. The third-order valence-corrected chi connectivity index (χ3v) is 2.22. The molecule has 5 nitrogen and oxygen atoms in total. The standard InChI is InChI=1S/C7H8N4OS/c8-6-4-10-7(13-6)9-3-5-1-2-12-11-5/h1-2,4H,3,8H2,(H,9,10). The van der Waals surface area contributed by atoms with Crippen LogP contribution in [0, 0.1) is 0 Å². The van der Waals surface area contributed by atoms with Crippen LogP contribution in [0.1, 0.15) is 5.69 Å². The van der Waals surface area contributed by atoms with E-state index < -0.39 is 0 Å². The van der Waals surface area contributed by atoms with Gasteiger partial charge in [-0.1, -0.05) is 16.5 Å². The van der Waals surface area contributed by atoms with Crippen LogP contribution >= 0.6 is 11.3 Å². The molecule has 0 bridgehead atoms. The van der Waals surface area contributed by atoms with E-state index in [-0.39, 0.29) is 0 Å². The lowest BCUT2D eigenvalue weighted by Gasteiger charge is -1.96. The fraction of sp³-hybridized carbons (Fsp3) is 0.143. The normalized spacial score (nSPS) is 10.2. The van der Waals surface area contributed by atoms with Gasteiger partial charge in [-0.05, 0) is 0 Å². The molecule has 0 saturated carbocycles. The first-order chi connectivity index (χ1) is 6.34. The van der Waals surface area contributed by atoms with E-state index in [9.17, 15) is 0 Å². The Morgan fingerprint density at radius 1 is 1.62 bits per heavy atom. The maximum absolute atomic E-state index is 5.51. The number of aromatic nitrogens is 2. The average molecular weight is 196 g/mol. The molecule has 0 aliphatic carbocycles. The molecule has 68 valence electrons. The van der Waals surface area contributed by atoms with Crippen molar-refractivity contribution >= 4 is 21.5 Å². The minimum absolute atomic E-state index is 0.601. The van der Waals surface area contributed by atoms with Crippen LogP contribution in [0.2, 0.25) is 0 Å². The lowest BCUT2D eigenvalue weighted by atomic mass is 10.4. The largest absolute Gasteiger partial charge is 0.389 e. The highest BCUT2D eigenvalue weighted by molar-refractivity contribution is 7.19. The summed E-state index contributed by atoms with van der Waals surface area (Å²) in [7, 11) is 0. The van der Waals surface area contributed by atoms with E-state index >= 15 is 0 Å². The first kappa shape index (κ1) is 8.06. The molecule has 2 heterocycles. The zero-order valence-electron chi connectivity index (χ0n) is 6.73. The van der Waals surface area contributed by atoms with Crippen molar-refractivity contribution in [1.82, 2.24) is 10.1 Å². The molecule has 0 spiro atoms. The van der Waals surface area contributed by atoms with Crippen LogP contribution in [0.3, 0.4) is 0 Å². The topological polar surface area (TPSA) is 77.0 Å². The molecule has 0 aliphatic heterocycles. The minimum atomic E-state index is 0.601. The lowest BCUT2D eigenvalue weighted by molar-refractivity contribution is 0.412. The van der Waals surface area contributed by atoms with E-state index in [1.54, 1.807) is 12.3 Å². The molecule has 3 N–H and O–H groups in total. The molecule has 0 unspecified atom stereocenters. The summed E-state index contributed by atoms with van der Waals surface area (Å²) in [4.78, 5) is 4.04. The fourth-order valence-electron chi connectivity index (χ4n) is 0.863. The Hall–Kier alpha value is -1.56. The molecule has 0 fully saturated rings. The second kappa shape index (κ2) is 3.44. The Labute approximate surface area is 78.6 Å². The average Bonchev–Trinajstić information content (AvgIpc) is 2.71. The van der Waals surface area contributed by atoms with Crippen LogP contribution in [0.4, 0.5) is 10.1 Å². The molecular weight excluding hydrogens is 188 g/mol. The Kier molecular flexibility index (Phi) is 2.13. The predicted molar refractivity (Wildman–Crippen MR) is 50.4 cm³/mol.